The van der Waals surface area contributed by atoms with Crippen LogP contribution in [0.2, 0.25) is 0 Å². The summed E-state index contributed by atoms with van der Waals surface area (Å²) in [6, 6.07) is 6.77. The molecule has 7 nitrogen and oxygen atoms in total. The first kappa shape index (κ1) is 14.1. The number of aromatic nitrogens is 3. The summed E-state index contributed by atoms with van der Waals surface area (Å²) in [5.74, 6) is 0. The van der Waals surface area contributed by atoms with E-state index in [2.05, 4.69) is 15.6 Å². The van der Waals surface area contributed by atoms with Gasteiger partial charge in [0.2, 0.25) is 0 Å². The Kier molecular flexibility index (Phi) is 4.78. The highest BCUT2D eigenvalue weighted by Gasteiger charge is 2.12. The van der Waals surface area contributed by atoms with Gasteiger partial charge >= 0.3 is 0 Å². The molecule has 1 heterocycles. The minimum atomic E-state index is -0.354. The Labute approximate surface area is 116 Å². The number of hydrogen-bond donors (Lipinski definition) is 1. The van der Waals surface area contributed by atoms with Gasteiger partial charge in [-0.05, 0) is 13.0 Å². The summed E-state index contributed by atoms with van der Waals surface area (Å²) >= 11 is 0. The highest BCUT2D eigenvalue weighted by Crippen LogP contribution is 2.18. The van der Waals surface area contributed by atoms with E-state index in [0.29, 0.717) is 25.1 Å². The quantitative estimate of drug-likeness (QED) is 0.612. The molecule has 1 aromatic heterocycles. The Morgan fingerprint density at radius 3 is 2.95 bits per heavy atom. The topological polar surface area (TPSA) is 85.9 Å². The molecular weight excluding hydrogens is 258 g/mol. The average molecular weight is 275 g/mol. The van der Waals surface area contributed by atoms with E-state index in [-0.39, 0.29) is 10.6 Å². The molecule has 106 valence electrons. The predicted octanol–water partition coefficient (Wildman–Crippen LogP) is 1.54. The van der Waals surface area contributed by atoms with Crippen LogP contribution < -0.4 is 5.32 Å². The lowest BCUT2D eigenvalue weighted by Gasteiger charge is -2.02. The number of nitro groups is 1. The summed E-state index contributed by atoms with van der Waals surface area (Å²) in [4.78, 5) is 10.6. The number of nitrogens with zero attached hydrogens (tertiary/aromatic N) is 4. The molecule has 1 N–H and O–H groups in total. The number of para-hydroxylation sites is 1. The largest absolute Gasteiger partial charge is 0.311 e. The van der Waals surface area contributed by atoms with Crippen molar-refractivity contribution in [1.29, 1.82) is 0 Å². The third-order valence-corrected chi connectivity index (χ3v) is 2.94. The van der Waals surface area contributed by atoms with Gasteiger partial charge in [-0.1, -0.05) is 30.3 Å². The van der Waals surface area contributed by atoms with Crippen LogP contribution in [0.25, 0.3) is 0 Å². The van der Waals surface area contributed by atoms with Gasteiger partial charge in [0, 0.05) is 30.9 Å². The lowest BCUT2D eigenvalue weighted by atomic mass is 10.1. The van der Waals surface area contributed by atoms with Crippen LogP contribution >= 0.6 is 0 Å². The van der Waals surface area contributed by atoms with Crippen molar-refractivity contribution in [3.05, 3.63) is 51.8 Å². The van der Waals surface area contributed by atoms with Gasteiger partial charge < -0.3 is 5.32 Å². The van der Waals surface area contributed by atoms with Crippen LogP contribution in [0.4, 0.5) is 5.69 Å². The first-order chi connectivity index (χ1) is 9.70. The molecule has 1 aromatic carbocycles. The highest BCUT2D eigenvalue weighted by atomic mass is 16.6. The Morgan fingerprint density at radius 1 is 1.40 bits per heavy atom. The SMILES string of the molecule is CCNCc1cn(CCc2ccccc2[N+](=O)[O-])nn1. The molecule has 0 amide bonds. The zero-order valence-electron chi connectivity index (χ0n) is 11.3. The van der Waals surface area contributed by atoms with Crippen molar-refractivity contribution in [2.75, 3.05) is 6.54 Å². The zero-order chi connectivity index (χ0) is 14.4. The lowest BCUT2D eigenvalue weighted by Crippen LogP contribution is -2.11. The molecule has 2 rings (SSSR count). The van der Waals surface area contributed by atoms with E-state index in [9.17, 15) is 10.1 Å². The van der Waals surface area contributed by atoms with E-state index >= 15 is 0 Å². The van der Waals surface area contributed by atoms with Gasteiger partial charge in [0.1, 0.15) is 0 Å². The first-order valence-electron chi connectivity index (χ1n) is 6.52. The number of aryl methyl sites for hydroxylation is 2. The van der Waals surface area contributed by atoms with Crippen LogP contribution in [0, 0.1) is 10.1 Å². The molecule has 0 atom stereocenters. The van der Waals surface area contributed by atoms with Crippen molar-refractivity contribution >= 4 is 5.69 Å². The van der Waals surface area contributed by atoms with Gasteiger partial charge in [0.25, 0.3) is 5.69 Å². The van der Waals surface area contributed by atoms with Gasteiger partial charge in [-0.2, -0.15) is 0 Å². The number of nitro benzene ring substituents is 1. The summed E-state index contributed by atoms with van der Waals surface area (Å²) in [5, 5.41) is 22.1. The van der Waals surface area contributed by atoms with E-state index in [1.54, 1.807) is 22.9 Å². The van der Waals surface area contributed by atoms with Crippen LogP contribution in [0.3, 0.4) is 0 Å². The summed E-state index contributed by atoms with van der Waals surface area (Å²) in [7, 11) is 0. The third kappa shape index (κ3) is 3.61. The molecule has 7 heteroatoms. The molecule has 20 heavy (non-hydrogen) atoms. The maximum absolute atomic E-state index is 10.9. The molecule has 0 radical (unpaired) electrons. The van der Waals surface area contributed by atoms with Gasteiger partial charge in [-0.3, -0.25) is 14.8 Å². The van der Waals surface area contributed by atoms with Crippen molar-refractivity contribution in [2.45, 2.75) is 26.4 Å². The van der Waals surface area contributed by atoms with E-state index in [0.717, 1.165) is 12.2 Å². The fraction of sp³-hybridized carbons (Fsp3) is 0.385. The first-order valence-corrected chi connectivity index (χ1v) is 6.52. The van der Waals surface area contributed by atoms with E-state index in [1.807, 2.05) is 13.1 Å². The second-order valence-electron chi connectivity index (χ2n) is 4.39. The molecule has 0 saturated carbocycles. The van der Waals surface area contributed by atoms with Crippen molar-refractivity contribution in [3.8, 4) is 0 Å². The van der Waals surface area contributed by atoms with E-state index in [4.69, 9.17) is 0 Å². The summed E-state index contributed by atoms with van der Waals surface area (Å²) < 4.78 is 1.71. The van der Waals surface area contributed by atoms with Crippen LogP contribution in [0.15, 0.2) is 30.5 Å². The number of hydrogen-bond acceptors (Lipinski definition) is 5. The van der Waals surface area contributed by atoms with Crippen LogP contribution in [0.5, 0.6) is 0 Å². The normalized spacial score (nSPS) is 10.7. The van der Waals surface area contributed by atoms with Crippen molar-refractivity contribution in [1.82, 2.24) is 20.3 Å². The minimum absolute atomic E-state index is 0.153. The Morgan fingerprint density at radius 2 is 2.20 bits per heavy atom. The molecule has 0 aliphatic heterocycles. The fourth-order valence-corrected chi connectivity index (χ4v) is 1.92. The van der Waals surface area contributed by atoms with Crippen LogP contribution in [-0.2, 0) is 19.5 Å². The van der Waals surface area contributed by atoms with Crippen molar-refractivity contribution < 1.29 is 4.92 Å². The maximum atomic E-state index is 10.9. The van der Waals surface area contributed by atoms with E-state index in [1.165, 1.54) is 6.07 Å². The fourth-order valence-electron chi connectivity index (χ4n) is 1.92. The number of rotatable bonds is 7. The molecule has 0 unspecified atom stereocenters. The summed E-state index contributed by atoms with van der Waals surface area (Å²) in [6.07, 6.45) is 2.42. The monoisotopic (exact) mass is 275 g/mol. The predicted molar refractivity (Wildman–Crippen MR) is 74.2 cm³/mol. The molecule has 0 bridgehead atoms. The molecule has 0 spiro atoms. The Balaban J connectivity index is 1.98. The van der Waals surface area contributed by atoms with Gasteiger partial charge in [-0.25, -0.2) is 0 Å². The molecule has 0 aliphatic rings. The van der Waals surface area contributed by atoms with Gasteiger partial charge in [-0.15, -0.1) is 5.10 Å². The summed E-state index contributed by atoms with van der Waals surface area (Å²) in [6.45, 7) is 4.16. The summed E-state index contributed by atoms with van der Waals surface area (Å²) in [5.41, 5.74) is 1.73. The van der Waals surface area contributed by atoms with Crippen molar-refractivity contribution in [3.63, 3.8) is 0 Å². The zero-order valence-corrected chi connectivity index (χ0v) is 11.3. The van der Waals surface area contributed by atoms with Gasteiger partial charge in [0.05, 0.1) is 10.6 Å². The minimum Gasteiger partial charge on any atom is -0.311 e. The van der Waals surface area contributed by atoms with Crippen LogP contribution in [-0.4, -0.2) is 26.5 Å². The Bertz CT molecular complexity index is 582. The highest BCUT2D eigenvalue weighted by molar-refractivity contribution is 5.39. The molecular formula is C13H17N5O2. The lowest BCUT2D eigenvalue weighted by molar-refractivity contribution is -0.385. The maximum Gasteiger partial charge on any atom is 0.272 e. The number of nitrogens with one attached hydrogen (secondary N) is 1. The Hall–Kier alpha value is -2.28. The third-order valence-electron chi connectivity index (χ3n) is 2.94. The molecule has 0 aliphatic carbocycles. The molecule has 2 aromatic rings. The van der Waals surface area contributed by atoms with Crippen molar-refractivity contribution in [2.24, 2.45) is 0 Å². The number of benzene rings is 1. The second-order valence-corrected chi connectivity index (χ2v) is 4.39. The van der Waals surface area contributed by atoms with Crippen LogP contribution in [0.1, 0.15) is 18.2 Å². The average Bonchev–Trinajstić information content (AvgIpc) is 2.91. The molecule has 0 saturated heterocycles. The molecule has 0 fully saturated rings. The smallest absolute Gasteiger partial charge is 0.272 e. The second kappa shape index (κ2) is 6.76. The standard InChI is InChI=1S/C13H17N5O2/c1-2-14-9-12-10-17(16-15-12)8-7-11-5-3-4-6-13(11)18(19)20/h3-6,10,14H,2,7-9H2,1H3. The van der Waals surface area contributed by atoms with E-state index < -0.39 is 0 Å². The van der Waals surface area contributed by atoms with Gasteiger partial charge in [0.15, 0.2) is 0 Å².